The quantitative estimate of drug-likeness (QED) is 0.895. The minimum Gasteiger partial charge on any atom is -0.319 e. The monoisotopic (exact) mass is 281 g/mol. The zero-order valence-corrected chi connectivity index (χ0v) is 12.5. The van der Waals surface area contributed by atoms with E-state index in [2.05, 4.69) is 36.5 Å². The van der Waals surface area contributed by atoms with E-state index in [4.69, 9.17) is 0 Å². The van der Waals surface area contributed by atoms with E-state index < -0.39 is 9.84 Å². The minimum absolute atomic E-state index is 0.304. The van der Waals surface area contributed by atoms with Crippen LogP contribution in [0.15, 0.2) is 24.3 Å². The lowest BCUT2D eigenvalue weighted by molar-refractivity contribution is 0.352. The van der Waals surface area contributed by atoms with Crippen molar-refractivity contribution in [2.75, 3.05) is 25.1 Å². The van der Waals surface area contributed by atoms with Crippen LogP contribution in [0.1, 0.15) is 17.5 Å². The van der Waals surface area contributed by atoms with Crippen molar-refractivity contribution < 1.29 is 8.42 Å². The van der Waals surface area contributed by atoms with Gasteiger partial charge in [-0.3, -0.25) is 0 Å². The molecule has 3 nitrogen and oxygen atoms in total. The van der Waals surface area contributed by atoms with Crippen LogP contribution in [0, 0.1) is 18.8 Å². The summed E-state index contributed by atoms with van der Waals surface area (Å²) in [5.41, 5.74) is 2.56. The molecule has 2 rings (SSSR count). The SMILES string of the molecule is CNCC(Cc1ccc(C)cc1)C1CCS(=O)(=O)C1. The van der Waals surface area contributed by atoms with Crippen LogP contribution >= 0.6 is 0 Å². The predicted octanol–water partition coefficient (Wildman–Crippen LogP) is 1.81. The molecule has 0 aromatic heterocycles. The zero-order chi connectivity index (χ0) is 13.9. The molecule has 0 saturated carbocycles. The summed E-state index contributed by atoms with van der Waals surface area (Å²) in [6, 6.07) is 8.55. The highest BCUT2D eigenvalue weighted by Crippen LogP contribution is 2.28. The Morgan fingerprint density at radius 2 is 2.00 bits per heavy atom. The van der Waals surface area contributed by atoms with Gasteiger partial charge in [0.15, 0.2) is 9.84 Å². The zero-order valence-electron chi connectivity index (χ0n) is 11.7. The minimum atomic E-state index is -2.79. The fourth-order valence-electron chi connectivity index (χ4n) is 2.89. The van der Waals surface area contributed by atoms with Crippen molar-refractivity contribution >= 4 is 9.84 Å². The summed E-state index contributed by atoms with van der Waals surface area (Å²) < 4.78 is 23.3. The molecular formula is C15H23NO2S. The van der Waals surface area contributed by atoms with Gasteiger partial charge in [-0.15, -0.1) is 0 Å². The summed E-state index contributed by atoms with van der Waals surface area (Å²) in [5, 5.41) is 3.21. The Balaban J connectivity index is 2.06. The summed E-state index contributed by atoms with van der Waals surface area (Å²) in [4.78, 5) is 0. The normalized spacial score (nSPS) is 23.4. The van der Waals surface area contributed by atoms with Gasteiger partial charge in [0.05, 0.1) is 11.5 Å². The van der Waals surface area contributed by atoms with Crippen molar-refractivity contribution in [3.05, 3.63) is 35.4 Å². The molecule has 19 heavy (non-hydrogen) atoms. The van der Waals surface area contributed by atoms with Crippen molar-refractivity contribution in [3.63, 3.8) is 0 Å². The molecule has 1 aromatic rings. The Bertz CT molecular complexity index is 507. The lowest BCUT2D eigenvalue weighted by Gasteiger charge is -2.22. The molecule has 0 amide bonds. The average molecular weight is 281 g/mol. The summed E-state index contributed by atoms with van der Waals surface area (Å²) in [5.74, 6) is 1.44. The number of sulfone groups is 1. The third-order valence-electron chi connectivity index (χ3n) is 4.02. The van der Waals surface area contributed by atoms with Crippen LogP contribution in [0.4, 0.5) is 0 Å². The Kier molecular flexibility index (Phi) is 4.63. The van der Waals surface area contributed by atoms with Crippen molar-refractivity contribution in [2.24, 2.45) is 11.8 Å². The van der Waals surface area contributed by atoms with Gasteiger partial charge in [-0.05, 0) is 50.8 Å². The van der Waals surface area contributed by atoms with Crippen LogP contribution in [0.25, 0.3) is 0 Å². The second-order valence-corrected chi connectivity index (χ2v) is 7.90. The molecule has 1 heterocycles. The van der Waals surface area contributed by atoms with Gasteiger partial charge < -0.3 is 5.32 Å². The molecule has 1 N–H and O–H groups in total. The highest BCUT2D eigenvalue weighted by Gasteiger charge is 2.33. The molecular weight excluding hydrogens is 258 g/mol. The van der Waals surface area contributed by atoms with E-state index in [-0.39, 0.29) is 0 Å². The molecule has 1 aliphatic rings. The van der Waals surface area contributed by atoms with Gasteiger partial charge in [-0.1, -0.05) is 29.8 Å². The number of nitrogens with one attached hydrogen (secondary N) is 1. The highest BCUT2D eigenvalue weighted by molar-refractivity contribution is 7.91. The van der Waals surface area contributed by atoms with Crippen molar-refractivity contribution in [1.82, 2.24) is 5.32 Å². The van der Waals surface area contributed by atoms with Gasteiger partial charge in [0.25, 0.3) is 0 Å². The molecule has 1 aliphatic heterocycles. The van der Waals surface area contributed by atoms with E-state index in [1.807, 2.05) is 7.05 Å². The van der Waals surface area contributed by atoms with Crippen LogP contribution < -0.4 is 5.32 Å². The fraction of sp³-hybridized carbons (Fsp3) is 0.600. The van der Waals surface area contributed by atoms with Crippen molar-refractivity contribution in [1.29, 1.82) is 0 Å². The molecule has 106 valence electrons. The average Bonchev–Trinajstić information content (AvgIpc) is 2.72. The maximum absolute atomic E-state index is 11.6. The van der Waals surface area contributed by atoms with Gasteiger partial charge in [0.2, 0.25) is 0 Å². The first-order valence-electron chi connectivity index (χ1n) is 6.91. The molecule has 2 unspecified atom stereocenters. The smallest absolute Gasteiger partial charge is 0.150 e. The standard InChI is InChI=1S/C15H23NO2S/c1-12-3-5-13(6-4-12)9-15(10-16-2)14-7-8-19(17,18)11-14/h3-6,14-16H,7-11H2,1-2H3. The number of benzene rings is 1. The molecule has 0 radical (unpaired) electrons. The van der Waals surface area contributed by atoms with E-state index >= 15 is 0 Å². The van der Waals surface area contributed by atoms with Gasteiger partial charge in [0, 0.05) is 0 Å². The van der Waals surface area contributed by atoms with Gasteiger partial charge in [-0.25, -0.2) is 8.42 Å². The second-order valence-electron chi connectivity index (χ2n) is 5.67. The Morgan fingerprint density at radius 3 is 2.53 bits per heavy atom. The number of aryl methyl sites for hydroxylation is 1. The van der Waals surface area contributed by atoms with Crippen molar-refractivity contribution in [2.45, 2.75) is 19.8 Å². The van der Waals surface area contributed by atoms with Gasteiger partial charge >= 0.3 is 0 Å². The maximum atomic E-state index is 11.6. The van der Waals surface area contributed by atoms with E-state index in [1.54, 1.807) is 0 Å². The predicted molar refractivity (Wildman–Crippen MR) is 79.1 cm³/mol. The largest absolute Gasteiger partial charge is 0.319 e. The lowest BCUT2D eigenvalue weighted by Crippen LogP contribution is -2.28. The summed E-state index contributed by atoms with van der Waals surface area (Å²) in [7, 11) is -0.849. The van der Waals surface area contributed by atoms with Crippen LogP contribution in [0.3, 0.4) is 0 Å². The molecule has 4 heteroatoms. The van der Waals surface area contributed by atoms with E-state index in [0.717, 1.165) is 19.4 Å². The van der Waals surface area contributed by atoms with Crippen LogP contribution in [-0.2, 0) is 16.3 Å². The fourth-order valence-corrected chi connectivity index (χ4v) is 4.81. The summed E-state index contributed by atoms with van der Waals surface area (Å²) in [6.45, 7) is 2.96. The van der Waals surface area contributed by atoms with Crippen LogP contribution in [0.2, 0.25) is 0 Å². The molecule has 1 fully saturated rings. The first-order valence-corrected chi connectivity index (χ1v) is 8.73. The first kappa shape index (κ1) is 14.5. The third kappa shape index (κ3) is 4.05. The molecule has 1 saturated heterocycles. The Labute approximate surface area is 116 Å². The molecule has 1 aromatic carbocycles. The van der Waals surface area contributed by atoms with Gasteiger partial charge in [-0.2, -0.15) is 0 Å². The number of hydrogen-bond acceptors (Lipinski definition) is 3. The van der Waals surface area contributed by atoms with E-state index in [1.165, 1.54) is 11.1 Å². The summed E-state index contributed by atoms with van der Waals surface area (Å²) >= 11 is 0. The summed E-state index contributed by atoms with van der Waals surface area (Å²) in [6.07, 6.45) is 1.78. The van der Waals surface area contributed by atoms with E-state index in [0.29, 0.717) is 23.3 Å². The third-order valence-corrected chi connectivity index (χ3v) is 5.81. The maximum Gasteiger partial charge on any atom is 0.150 e. The first-order chi connectivity index (χ1) is 9.00. The molecule has 2 atom stereocenters. The van der Waals surface area contributed by atoms with Crippen LogP contribution in [0.5, 0.6) is 0 Å². The van der Waals surface area contributed by atoms with Crippen LogP contribution in [-0.4, -0.2) is 33.5 Å². The molecule has 0 bridgehead atoms. The Morgan fingerprint density at radius 1 is 1.32 bits per heavy atom. The van der Waals surface area contributed by atoms with Gasteiger partial charge in [0.1, 0.15) is 0 Å². The topological polar surface area (TPSA) is 46.2 Å². The highest BCUT2D eigenvalue weighted by atomic mass is 32.2. The molecule has 0 spiro atoms. The number of hydrogen-bond donors (Lipinski definition) is 1. The lowest BCUT2D eigenvalue weighted by atomic mass is 9.86. The Hall–Kier alpha value is -0.870. The van der Waals surface area contributed by atoms with Crippen molar-refractivity contribution in [3.8, 4) is 0 Å². The van der Waals surface area contributed by atoms with E-state index in [9.17, 15) is 8.42 Å². The number of rotatable bonds is 5. The second kappa shape index (κ2) is 6.06. The molecule has 0 aliphatic carbocycles.